The molecule has 1 aliphatic rings. The van der Waals surface area contributed by atoms with E-state index in [1.807, 2.05) is 56.6 Å². The predicted octanol–water partition coefficient (Wildman–Crippen LogP) is 2.56. The molecule has 144 valence electrons. The van der Waals surface area contributed by atoms with Crippen molar-refractivity contribution in [3.63, 3.8) is 0 Å². The Balaban J connectivity index is 1.62. The van der Waals surface area contributed by atoms with Gasteiger partial charge >= 0.3 is 0 Å². The summed E-state index contributed by atoms with van der Waals surface area (Å²) in [6, 6.07) is 16.1. The highest BCUT2D eigenvalue weighted by atomic mass is 16.5. The number of nitrogens with zero attached hydrogens (tertiary/aromatic N) is 2. The number of guanidine groups is 1. The number of fused-ring (bicyclic) bond motifs is 1. The summed E-state index contributed by atoms with van der Waals surface area (Å²) in [4.78, 5) is 6.61. The number of benzene rings is 2. The zero-order valence-corrected chi connectivity index (χ0v) is 16.0. The van der Waals surface area contributed by atoms with Gasteiger partial charge in [0.25, 0.3) is 0 Å². The Morgan fingerprint density at radius 2 is 2.00 bits per heavy atom. The van der Waals surface area contributed by atoms with Crippen molar-refractivity contribution in [2.24, 2.45) is 10.7 Å². The van der Waals surface area contributed by atoms with Crippen LogP contribution in [0, 0.1) is 0 Å². The lowest BCUT2D eigenvalue weighted by molar-refractivity contribution is 0.259. The van der Waals surface area contributed by atoms with Crippen molar-refractivity contribution in [3.8, 4) is 11.5 Å². The van der Waals surface area contributed by atoms with E-state index < -0.39 is 0 Å². The van der Waals surface area contributed by atoms with E-state index in [1.54, 1.807) is 0 Å². The maximum Gasteiger partial charge on any atom is 0.189 e. The van der Waals surface area contributed by atoms with E-state index >= 15 is 0 Å². The van der Waals surface area contributed by atoms with Crippen LogP contribution in [0.4, 0.5) is 0 Å². The Bertz CT molecular complexity index is 776. The van der Waals surface area contributed by atoms with Gasteiger partial charge in [0.05, 0.1) is 19.2 Å². The molecule has 1 aliphatic heterocycles. The molecule has 0 saturated carbocycles. The number of aliphatic imine (C=N–C) groups is 1. The van der Waals surface area contributed by atoms with E-state index in [2.05, 4.69) is 21.3 Å². The van der Waals surface area contributed by atoms with Crippen LogP contribution in [-0.2, 0) is 6.54 Å². The molecule has 6 nitrogen and oxygen atoms in total. The number of ether oxygens (including phenoxy) is 2. The quantitative estimate of drug-likeness (QED) is 0.580. The van der Waals surface area contributed by atoms with Gasteiger partial charge in [-0.15, -0.1) is 0 Å². The van der Waals surface area contributed by atoms with Crippen LogP contribution in [0.3, 0.4) is 0 Å². The van der Waals surface area contributed by atoms with Crippen molar-refractivity contribution in [1.82, 2.24) is 10.2 Å². The first kappa shape index (κ1) is 19.0. The molecule has 0 spiro atoms. The van der Waals surface area contributed by atoms with Crippen molar-refractivity contribution in [2.45, 2.75) is 19.0 Å². The molecule has 0 fully saturated rings. The van der Waals surface area contributed by atoms with Gasteiger partial charge < -0.3 is 25.4 Å². The molecule has 1 heterocycles. The average Bonchev–Trinajstić information content (AvgIpc) is 2.67. The van der Waals surface area contributed by atoms with Crippen molar-refractivity contribution < 1.29 is 9.47 Å². The lowest BCUT2D eigenvalue weighted by Crippen LogP contribution is -2.37. The van der Waals surface area contributed by atoms with Crippen LogP contribution in [0.25, 0.3) is 0 Å². The number of rotatable bonds is 7. The van der Waals surface area contributed by atoms with Gasteiger partial charge in [-0.3, -0.25) is 0 Å². The van der Waals surface area contributed by atoms with Gasteiger partial charge in [-0.05, 0) is 26.2 Å². The molecule has 0 aliphatic carbocycles. The van der Waals surface area contributed by atoms with E-state index in [9.17, 15) is 0 Å². The predicted molar refractivity (Wildman–Crippen MR) is 108 cm³/mol. The highest BCUT2D eigenvalue weighted by Crippen LogP contribution is 2.31. The maximum atomic E-state index is 6.15. The van der Waals surface area contributed by atoms with Crippen LogP contribution in [0.5, 0.6) is 11.5 Å². The third-order valence-electron chi connectivity index (χ3n) is 4.47. The molecule has 2 aromatic carbocycles. The van der Waals surface area contributed by atoms with Crippen LogP contribution >= 0.6 is 0 Å². The van der Waals surface area contributed by atoms with Crippen molar-refractivity contribution in [2.75, 3.05) is 33.9 Å². The number of para-hydroxylation sites is 2. The summed E-state index contributed by atoms with van der Waals surface area (Å²) in [6.45, 7) is 2.65. The first-order chi connectivity index (χ1) is 13.1. The first-order valence-electron chi connectivity index (χ1n) is 9.27. The van der Waals surface area contributed by atoms with Crippen molar-refractivity contribution in [1.29, 1.82) is 0 Å². The van der Waals surface area contributed by atoms with Crippen molar-refractivity contribution >= 4 is 5.96 Å². The Labute approximate surface area is 161 Å². The second-order valence-corrected chi connectivity index (χ2v) is 6.83. The van der Waals surface area contributed by atoms with Gasteiger partial charge in [0, 0.05) is 24.1 Å². The lowest BCUT2D eigenvalue weighted by Gasteiger charge is -2.27. The second kappa shape index (κ2) is 9.28. The normalized spacial score (nSPS) is 16.6. The fourth-order valence-electron chi connectivity index (χ4n) is 3.00. The monoisotopic (exact) mass is 368 g/mol. The smallest absolute Gasteiger partial charge is 0.189 e. The van der Waals surface area contributed by atoms with Gasteiger partial charge in [-0.1, -0.05) is 36.4 Å². The van der Waals surface area contributed by atoms with Gasteiger partial charge in [0.2, 0.25) is 0 Å². The van der Waals surface area contributed by atoms with Crippen LogP contribution in [-0.4, -0.2) is 44.7 Å². The van der Waals surface area contributed by atoms with E-state index in [-0.39, 0.29) is 6.04 Å². The fourth-order valence-corrected chi connectivity index (χ4v) is 3.00. The Morgan fingerprint density at radius 1 is 1.22 bits per heavy atom. The largest absolute Gasteiger partial charge is 0.493 e. The minimum Gasteiger partial charge on any atom is -0.493 e. The Hall–Kier alpha value is -2.73. The molecule has 0 amide bonds. The van der Waals surface area contributed by atoms with Crippen LogP contribution in [0.15, 0.2) is 53.5 Å². The molecule has 6 heteroatoms. The summed E-state index contributed by atoms with van der Waals surface area (Å²) in [5.74, 6) is 2.20. The van der Waals surface area contributed by atoms with Crippen LogP contribution in [0.2, 0.25) is 0 Å². The zero-order chi connectivity index (χ0) is 19.1. The summed E-state index contributed by atoms with van der Waals surface area (Å²) in [6.07, 6.45) is 0.859. The maximum absolute atomic E-state index is 6.15. The Morgan fingerprint density at radius 3 is 2.85 bits per heavy atom. The Kier molecular flexibility index (Phi) is 6.54. The third kappa shape index (κ3) is 5.37. The molecular formula is C21H28N4O2. The first-order valence-corrected chi connectivity index (χ1v) is 9.27. The molecule has 3 rings (SSSR count). The summed E-state index contributed by atoms with van der Waals surface area (Å²) >= 11 is 0. The van der Waals surface area contributed by atoms with Gasteiger partial charge in [-0.2, -0.15) is 0 Å². The van der Waals surface area contributed by atoms with E-state index in [4.69, 9.17) is 15.2 Å². The average molecular weight is 368 g/mol. The van der Waals surface area contributed by atoms with Gasteiger partial charge in [0.15, 0.2) is 5.96 Å². The van der Waals surface area contributed by atoms with Crippen LogP contribution < -0.4 is 20.5 Å². The number of nitrogens with one attached hydrogen (secondary N) is 1. The molecule has 2 aromatic rings. The lowest BCUT2D eigenvalue weighted by atomic mass is 10.0. The minimum absolute atomic E-state index is 0.116. The fraction of sp³-hybridized carbons (Fsp3) is 0.381. The minimum atomic E-state index is 0.116. The molecule has 0 aromatic heterocycles. The summed E-state index contributed by atoms with van der Waals surface area (Å²) in [5, 5.41) is 3.32. The molecule has 1 unspecified atom stereocenters. The van der Waals surface area contributed by atoms with E-state index in [0.717, 1.165) is 35.6 Å². The third-order valence-corrected chi connectivity index (χ3v) is 4.47. The highest BCUT2D eigenvalue weighted by Gasteiger charge is 2.21. The van der Waals surface area contributed by atoms with E-state index in [1.165, 1.54) is 0 Å². The molecule has 27 heavy (non-hydrogen) atoms. The molecule has 0 radical (unpaired) electrons. The van der Waals surface area contributed by atoms with Crippen LogP contribution in [0.1, 0.15) is 23.6 Å². The molecule has 0 saturated heterocycles. The SMILES string of the molecule is CN(C)CCOc1ccccc1CN=C(N)NC1CCOc2ccccc21. The number of hydrogen-bond acceptors (Lipinski definition) is 4. The number of hydrogen-bond donors (Lipinski definition) is 2. The number of nitrogens with two attached hydrogens (primary N) is 1. The molecule has 0 bridgehead atoms. The van der Waals surface area contributed by atoms with E-state index in [0.29, 0.717) is 25.7 Å². The van der Waals surface area contributed by atoms with Crippen molar-refractivity contribution in [3.05, 3.63) is 59.7 Å². The summed E-state index contributed by atoms with van der Waals surface area (Å²) in [7, 11) is 4.06. The number of likely N-dealkylation sites (N-methyl/N-ethyl adjacent to an activating group) is 1. The summed E-state index contributed by atoms with van der Waals surface area (Å²) in [5.41, 5.74) is 8.29. The van der Waals surface area contributed by atoms with Gasteiger partial charge in [0.1, 0.15) is 18.1 Å². The zero-order valence-electron chi connectivity index (χ0n) is 16.0. The standard InChI is InChI=1S/C21H28N4O2/c1-25(2)12-14-27-19-9-5-3-7-16(19)15-23-21(22)24-18-11-13-26-20-10-6-4-8-17(18)20/h3-10,18H,11-15H2,1-2H3,(H3,22,23,24). The van der Waals surface area contributed by atoms with Gasteiger partial charge in [-0.25, -0.2) is 4.99 Å². The molecule has 1 atom stereocenters. The topological polar surface area (TPSA) is 72.1 Å². The second-order valence-electron chi connectivity index (χ2n) is 6.83. The summed E-state index contributed by atoms with van der Waals surface area (Å²) < 4.78 is 11.6. The molecule has 3 N–H and O–H groups in total. The highest BCUT2D eigenvalue weighted by molar-refractivity contribution is 5.78. The molecular weight excluding hydrogens is 340 g/mol.